The number of carbonyl (C=O) groups excluding carboxylic acids is 1. The zero-order valence-corrected chi connectivity index (χ0v) is 17.7. The van der Waals surface area contributed by atoms with E-state index in [9.17, 15) is 14.9 Å². The van der Waals surface area contributed by atoms with Crippen molar-refractivity contribution in [2.45, 2.75) is 12.8 Å². The second kappa shape index (κ2) is 8.96. The number of nitro groups is 1. The van der Waals surface area contributed by atoms with Crippen LogP contribution in [0, 0.1) is 10.1 Å². The molecule has 1 aromatic heterocycles. The van der Waals surface area contributed by atoms with Gasteiger partial charge in [-0.1, -0.05) is 0 Å². The van der Waals surface area contributed by atoms with Gasteiger partial charge in [-0.15, -0.1) is 0 Å². The molecule has 1 aliphatic rings. The predicted octanol–water partition coefficient (Wildman–Crippen LogP) is 3.72. The van der Waals surface area contributed by atoms with Crippen LogP contribution in [0.25, 0.3) is 11.0 Å². The lowest BCUT2D eigenvalue weighted by molar-refractivity contribution is -0.384. The molecule has 0 bridgehead atoms. The second-order valence-electron chi connectivity index (χ2n) is 7.25. The number of non-ortho nitro benzene ring substituents is 1. The van der Waals surface area contributed by atoms with Gasteiger partial charge in [0.25, 0.3) is 5.69 Å². The van der Waals surface area contributed by atoms with E-state index in [1.54, 1.807) is 14.2 Å². The summed E-state index contributed by atoms with van der Waals surface area (Å²) in [5, 5.41) is 15.4. The van der Waals surface area contributed by atoms with Gasteiger partial charge in [0.05, 0.1) is 31.0 Å². The van der Waals surface area contributed by atoms with E-state index < -0.39 is 10.8 Å². The number of hydrogen-bond acceptors (Lipinski definition) is 8. The summed E-state index contributed by atoms with van der Waals surface area (Å²) in [6, 6.07) is 9.26. The van der Waals surface area contributed by atoms with E-state index >= 15 is 0 Å². The molecular formula is C22H22N4O6. The first-order valence-electron chi connectivity index (χ1n) is 10.0. The lowest BCUT2D eigenvalue weighted by atomic mass is 10.1. The minimum Gasteiger partial charge on any atom is -0.496 e. The minimum atomic E-state index is -0.584. The maximum Gasteiger partial charge on any atom is 0.307 e. The van der Waals surface area contributed by atoms with Crippen LogP contribution in [0.15, 0.2) is 45.9 Å². The Labute approximate surface area is 183 Å². The number of nitro benzene ring substituents is 1. The Kier molecular flexibility index (Phi) is 5.93. The number of rotatable bonds is 7. The van der Waals surface area contributed by atoms with Crippen molar-refractivity contribution in [3.8, 4) is 11.5 Å². The van der Waals surface area contributed by atoms with Gasteiger partial charge in [-0.05, 0) is 31.0 Å². The van der Waals surface area contributed by atoms with Crippen LogP contribution in [0.1, 0.15) is 29.0 Å². The number of furan rings is 1. The molecule has 0 spiro atoms. The molecule has 4 rings (SSSR count). The average molecular weight is 438 g/mol. The lowest BCUT2D eigenvalue weighted by Gasteiger charge is -2.22. The molecular weight excluding hydrogens is 416 g/mol. The summed E-state index contributed by atoms with van der Waals surface area (Å²) in [5.41, 5.74) is 4.28. The highest BCUT2D eigenvalue weighted by Crippen LogP contribution is 2.36. The first kappa shape index (κ1) is 21.2. The van der Waals surface area contributed by atoms with E-state index in [2.05, 4.69) is 15.4 Å². The summed E-state index contributed by atoms with van der Waals surface area (Å²) in [6.07, 6.45) is 3.73. The van der Waals surface area contributed by atoms with Crippen molar-refractivity contribution in [1.29, 1.82) is 0 Å². The Morgan fingerprint density at radius 1 is 1.16 bits per heavy atom. The SMILES string of the molecule is COc1cc(N2CCCC2)c(OC)cc1/C=N\NC(=O)c1cc2cc([N+](=O)[O-])ccc2o1. The maximum absolute atomic E-state index is 12.4. The van der Waals surface area contributed by atoms with Crippen molar-refractivity contribution < 1.29 is 23.6 Å². The first-order chi connectivity index (χ1) is 15.5. The number of anilines is 1. The molecule has 1 fully saturated rings. The fourth-order valence-electron chi connectivity index (χ4n) is 3.68. The third kappa shape index (κ3) is 4.20. The molecule has 0 saturated carbocycles. The van der Waals surface area contributed by atoms with Gasteiger partial charge < -0.3 is 18.8 Å². The van der Waals surface area contributed by atoms with Crippen LogP contribution < -0.4 is 19.8 Å². The fourth-order valence-corrected chi connectivity index (χ4v) is 3.68. The van der Waals surface area contributed by atoms with Crippen molar-refractivity contribution >= 4 is 34.5 Å². The van der Waals surface area contributed by atoms with Crippen LogP contribution >= 0.6 is 0 Å². The lowest BCUT2D eigenvalue weighted by Crippen LogP contribution is -2.19. The summed E-state index contributed by atoms with van der Waals surface area (Å²) in [6.45, 7) is 1.92. The number of carbonyl (C=O) groups is 1. The van der Waals surface area contributed by atoms with Crippen molar-refractivity contribution in [1.82, 2.24) is 5.43 Å². The number of fused-ring (bicyclic) bond motifs is 1. The number of ether oxygens (including phenoxy) is 2. The quantitative estimate of drug-likeness (QED) is 0.339. The molecule has 1 N–H and O–H groups in total. The topological polar surface area (TPSA) is 119 Å². The molecule has 2 aromatic carbocycles. The average Bonchev–Trinajstić information content (AvgIpc) is 3.48. The van der Waals surface area contributed by atoms with Crippen LogP contribution in [-0.2, 0) is 0 Å². The number of amides is 1. The summed E-state index contributed by atoms with van der Waals surface area (Å²) >= 11 is 0. The third-order valence-corrected chi connectivity index (χ3v) is 5.28. The zero-order chi connectivity index (χ0) is 22.7. The molecule has 1 aliphatic heterocycles. The minimum absolute atomic E-state index is 0.00780. The van der Waals surface area contributed by atoms with Crippen LogP contribution in [0.3, 0.4) is 0 Å². The van der Waals surface area contributed by atoms with E-state index in [0.717, 1.165) is 31.6 Å². The van der Waals surface area contributed by atoms with Gasteiger partial charge in [-0.3, -0.25) is 14.9 Å². The molecule has 1 amide bonds. The molecule has 0 aliphatic carbocycles. The van der Waals surface area contributed by atoms with Gasteiger partial charge in [0.15, 0.2) is 5.76 Å². The number of hydrazone groups is 1. The maximum atomic E-state index is 12.4. The first-order valence-corrected chi connectivity index (χ1v) is 10.0. The van der Waals surface area contributed by atoms with Crippen molar-refractivity contribution in [3.05, 3.63) is 57.8 Å². The Morgan fingerprint density at radius 3 is 2.59 bits per heavy atom. The molecule has 3 aromatic rings. The standard InChI is InChI=1S/C22H22N4O6/c1-30-19-12-17(25-7-3-4-8-25)20(31-2)11-15(19)13-23-24-22(27)21-10-14-9-16(26(28)29)5-6-18(14)32-21/h5-6,9-13H,3-4,7-8H2,1-2H3,(H,24,27)/b23-13-. The normalized spacial score (nSPS) is 13.6. The van der Waals surface area contributed by atoms with Gasteiger partial charge in [0.2, 0.25) is 0 Å². The van der Waals surface area contributed by atoms with Gasteiger partial charge in [0, 0.05) is 42.2 Å². The Morgan fingerprint density at radius 2 is 1.91 bits per heavy atom. The Hall–Kier alpha value is -4.08. The van der Waals surface area contributed by atoms with Crippen LogP contribution in [0.4, 0.5) is 11.4 Å². The second-order valence-corrected chi connectivity index (χ2v) is 7.25. The molecule has 1 saturated heterocycles. The smallest absolute Gasteiger partial charge is 0.307 e. The number of hydrogen-bond donors (Lipinski definition) is 1. The summed E-state index contributed by atoms with van der Waals surface area (Å²) < 4.78 is 16.5. The largest absolute Gasteiger partial charge is 0.496 e. The highest BCUT2D eigenvalue weighted by Gasteiger charge is 2.19. The number of methoxy groups -OCH3 is 2. The van der Waals surface area contributed by atoms with Crippen molar-refractivity contribution in [2.24, 2.45) is 5.10 Å². The number of benzene rings is 2. The van der Waals surface area contributed by atoms with Gasteiger partial charge in [-0.2, -0.15) is 5.10 Å². The third-order valence-electron chi connectivity index (χ3n) is 5.28. The van der Waals surface area contributed by atoms with E-state index in [-0.39, 0.29) is 11.4 Å². The number of nitrogens with zero attached hydrogens (tertiary/aromatic N) is 3. The van der Waals surface area contributed by atoms with E-state index in [4.69, 9.17) is 13.9 Å². The molecule has 32 heavy (non-hydrogen) atoms. The molecule has 2 heterocycles. The van der Waals surface area contributed by atoms with Crippen LogP contribution in [0.5, 0.6) is 11.5 Å². The van der Waals surface area contributed by atoms with Crippen LogP contribution in [-0.4, -0.2) is 44.4 Å². The van der Waals surface area contributed by atoms with Crippen molar-refractivity contribution in [3.63, 3.8) is 0 Å². The van der Waals surface area contributed by atoms with E-state index in [0.29, 0.717) is 28.0 Å². The molecule has 0 radical (unpaired) electrons. The summed E-state index contributed by atoms with van der Waals surface area (Å²) in [4.78, 5) is 25.1. The molecule has 10 nitrogen and oxygen atoms in total. The van der Waals surface area contributed by atoms with Gasteiger partial charge >= 0.3 is 5.91 Å². The Bertz CT molecular complexity index is 1200. The molecule has 0 unspecified atom stereocenters. The van der Waals surface area contributed by atoms with Crippen molar-refractivity contribution in [2.75, 3.05) is 32.2 Å². The van der Waals surface area contributed by atoms with Gasteiger partial charge in [0.1, 0.15) is 17.1 Å². The highest BCUT2D eigenvalue weighted by atomic mass is 16.6. The van der Waals surface area contributed by atoms with Gasteiger partial charge in [-0.25, -0.2) is 5.43 Å². The number of nitrogens with one attached hydrogen (secondary N) is 1. The zero-order valence-electron chi connectivity index (χ0n) is 17.7. The van der Waals surface area contributed by atoms with Crippen LogP contribution in [0.2, 0.25) is 0 Å². The van der Waals surface area contributed by atoms with E-state index in [1.165, 1.54) is 30.5 Å². The fraction of sp³-hybridized carbons (Fsp3) is 0.273. The highest BCUT2D eigenvalue weighted by molar-refractivity contribution is 5.97. The predicted molar refractivity (Wildman–Crippen MR) is 119 cm³/mol. The summed E-state index contributed by atoms with van der Waals surface area (Å²) in [5.74, 6) is 0.701. The molecule has 0 atom stereocenters. The summed E-state index contributed by atoms with van der Waals surface area (Å²) in [7, 11) is 3.18. The molecule has 10 heteroatoms. The van der Waals surface area contributed by atoms with E-state index in [1.807, 2.05) is 12.1 Å². The molecule has 166 valence electrons. The Balaban J connectivity index is 1.52. The monoisotopic (exact) mass is 438 g/mol.